The van der Waals surface area contributed by atoms with E-state index < -0.39 is 0 Å². The second-order valence-corrected chi connectivity index (χ2v) is 7.53. The van der Waals surface area contributed by atoms with Gasteiger partial charge in [0.2, 0.25) is 5.91 Å². The van der Waals surface area contributed by atoms with Crippen LogP contribution >= 0.6 is 24.0 Å². The third kappa shape index (κ3) is 7.21. The molecule has 7 heteroatoms. The molecule has 1 saturated heterocycles. The van der Waals surface area contributed by atoms with E-state index in [0.29, 0.717) is 5.41 Å². The lowest BCUT2D eigenvalue weighted by atomic mass is 9.84. The molecule has 26 heavy (non-hydrogen) atoms. The summed E-state index contributed by atoms with van der Waals surface area (Å²) in [6.07, 6.45) is 6.61. The molecule has 0 atom stereocenters. The minimum Gasteiger partial charge on any atom is -0.357 e. The molecule has 152 valence electrons. The second-order valence-electron chi connectivity index (χ2n) is 7.53. The lowest BCUT2D eigenvalue weighted by molar-refractivity contribution is -0.130. The monoisotopic (exact) mass is 479 g/mol. The Kier molecular flexibility index (Phi) is 10.8. The first-order chi connectivity index (χ1) is 12.1. The largest absolute Gasteiger partial charge is 0.357 e. The third-order valence-electron chi connectivity index (χ3n) is 5.87. The van der Waals surface area contributed by atoms with Gasteiger partial charge in [0.05, 0.1) is 0 Å². The Bertz CT molecular complexity index is 443. The van der Waals surface area contributed by atoms with Crippen molar-refractivity contribution in [2.24, 2.45) is 10.4 Å². The lowest BCUT2D eigenvalue weighted by Crippen LogP contribution is -2.50. The van der Waals surface area contributed by atoms with Crippen molar-refractivity contribution < 1.29 is 4.79 Å². The summed E-state index contributed by atoms with van der Waals surface area (Å²) in [4.78, 5) is 20.6. The van der Waals surface area contributed by atoms with Gasteiger partial charge in [-0.15, -0.1) is 24.0 Å². The van der Waals surface area contributed by atoms with Crippen molar-refractivity contribution >= 4 is 35.8 Å². The first-order valence-corrected chi connectivity index (χ1v) is 10.1. The van der Waals surface area contributed by atoms with E-state index in [1.165, 1.54) is 32.1 Å². The number of guanidine groups is 1. The van der Waals surface area contributed by atoms with Gasteiger partial charge >= 0.3 is 0 Å². The van der Waals surface area contributed by atoms with Crippen LogP contribution in [0.1, 0.15) is 52.9 Å². The molecule has 0 spiro atoms. The van der Waals surface area contributed by atoms with Crippen LogP contribution in [0.3, 0.4) is 0 Å². The molecule has 0 aromatic rings. The third-order valence-corrected chi connectivity index (χ3v) is 5.87. The number of aliphatic imine (C=N–C) groups is 1. The number of nitrogens with zero attached hydrogens (tertiary/aromatic N) is 3. The zero-order valence-corrected chi connectivity index (χ0v) is 19.2. The number of hydrogen-bond donors (Lipinski definition) is 2. The normalized spacial score (nSPS) is 20.6. The molecule has 0 unspecified atom stereocenters. The maximum Gasteiger partial charge on any atom is 0.219 e. The molecular weight excluding hydrogens is 441 g/mol. The molecule has 1 aliphatic carbocycles. The van der Waals surface area contributed by atoms with E-state index in [1.807, 2.05) is 4.90 Å². The van der Waals surface area contributed by atoms with Gasteiger partial charge < -0.3 is 15.5 Å². The Labute approximate surface area is 176 Å². The summed E-state index contributed by atoms with van der Waals surface area (Å²) in [6.45, 7) is 13.4. The molecule has 0 radical (unpaired) electrons. The molecule has 0 aromatic heterocycles. The number of hydrogen-bond acceptors (Lipinski definition) is 3. The molecule has 1 saturated carbocycles. The van der Waals surface area contributed by atoms with E-state index >= 15 is 0 Å². The van der Waals surface area contributed by atoms with Gasteiger partial charge in [-0.2, -0.15) is 0 Å². The highest BCUT2D eigenvalue weighted by molar-refractivity contribution is 14.0. The highest BCUT2D eigenvalue weighted by Crippen LogP contribution is 2.41. The summed E-state index contributed by atoms with van der Waals surface area (Å²) in [6, 6.07) is 0. The Hall–Kier alpha value is -0.570. The molecule has 0 bridgehead atoms. The fourth-order valence-electron chi connectivity index (χ4n) is 3.96. The lowest BCUT2D eigenvalue weighted by Gasteiger charge is -2.34. The fourth-order valence-corrected chi connectivity index (χ4v) is 3.96. The molecular formula is C19H38IN5O. The predicted molar refractivity (Wildman–Crippen MR) is 119 cm³/mol. The van der Waals surface area contributed by atoms with Gasteiger partial charge in [-0.05, 0) is 31.6 Å². The Morgan fingerprint density at radius 2 is 1.73 bits per heavy atom. The second kappa shape index (κ2) is 12.0. The van der Waals surface area contributed by atoms with Gasteiger partial charge in [-0.1, -0.05) is 19.8 Å². The topological polar surface area (TPSA) is 60.0 Å². The molecule has 0 aromatic carbocycles. The van der Waals surface area contributed by atoms with Crippen LogP contribution in [0.15, 0.2) is 4.99 Å². The molecule has 1 heterocycles. The van der Waals surface area contributed by atoms with E-state index in [1.54, 1.807) is 6.92 Å². The Morgan fingerprint density at radius 3 is 2.27 bits per heavy atom. The molecule has 1 amide bonds. The van der Waals surface area contributed by atoms with Crippen molar-refractivity contribution in [3.63, 3.8) is 0 Å². The van der Waals surface area contributed by atoms with Gasteiger partial charge in [-0.3, -0.25) is 14.7 Å². The van der Waals surface area contributed by atoms with Crippen LogP contribution in [0.2, 0.25) is 0 Å². The average Bonchev–Trinajstić information content (AvgIpc) is 3.09. The number of carbonyl (C=O) groups is 1. The number of halogens is 1. The van der Waals surface area contributed by atoms with Crippen LogP contribution < -0.4 is 10.6 Å². The molecule has 1 aliphatic heterocycles. The fraction of sp³-hybridized carbons (Fsp3) is 0.895. The first kappa shape index (κ1) is 23.5. The van der Waals surface area contributed by atoms with Crippen LogP contribution in [0, 0.1) is 5.41 Å². The summed E-state index contributed by atoms with van der Waals surface area (Å²) in [5, 5.41) is 6.86. The van der Waals surface area contributed by atoms with Crippen LogP contribution in [0.5, 0.6) is 0 Å². The van der Waals surface area contributed by atoms with Gasteiger partial charge in [0, 0.05) is 59.3 Å². The quantitative estimate of drug-likeness (QED) is 0.334. The van der Waals surface area contributed by atoms with Gasteiger partial charge in [0.15, 0.2) is 5.96 Å². The van der Waals surface area contributed by atoms with Crippen molar-refractivity contribution in [1.29, 1.82) is 0 Å². The number of nitrogens with one attached hydrogen (secondary N) is 2. The van der Waals surface area contributed by atoms with Crippen molar-refractivity contribution in [3.05, 3.63) is 0 Å². The molecule has 2 fully saturated rings. The van der Waals surface area contributed by atoms with Crippen LogP contribution in [-0.2, 0) is 4.79 Å². The maximum atomic E-state index is 11.4. The standard InChI is InChI=1S/C19H37N5O.HI/c1-4-19(8-6-7-9-19)16-22-18(20-5-2)21-10-11-23-12-14-24(15-13-23)17(3)25;/h4-16H2,1-3H3,(H2,20,21,22);1H. The average molecular weight is 479 g/mol. The van der Waals surface area contributed by atoms with E-state index in [9.17, 15) is 4.79 Å². The number of rotatable bonds is 7. The van der Waals surface area contributed by atoms with E-state index in [0.717, 1.165) is 58.3 Å². The Balaban J connectivity index is 0.00000338. The minimum atomic E-state index is 0. The van der Waals surface area contributed by atoms with Crippen molar-refractivity contribution in [2.45, 2.75) is 52.9 Å². The van der Waals surface area contributed by atoms with Crippen molar-refractivity contribution in [3.8, 4) is 0 Å². The maximum absolute atomic E-state index is 11.4. The minimum absolute atomic E-state index is 0. The van der Waals surface area contributed by atoms with E-state index in [2.05, 4.69) is 29.4 Å². The van der Waals surface area contributed by atoms with Gasteiger partial charge in [0.1, 0.15) is 0 Å². The van der Waals surface area contributed by atoms with Crippen molar-refractivity contribution in [1.82, 2.24) is 20.4 Å². The summed E-state index contributed by atoms with van der Waals surface area (Å²) in [7, 11) is 0. The zero-order valence-electron chi connectivity index (χ0n) is 16.9. The van der Waals surface area contributed by atoms with Crippen LogP contribution in [0.25, 0.3) is 0 Å². The molecule has 2 N–H and O–H groups in total. The zero-order chi connectivity index (χ0) is 18.1. The molecule has 2 rings (SSSR count). The smallest absolute Gasteiger partial charge is 0.219 e. The SMILES string of the molecule is CCNC(=NCC1(CC)CCCC1)NCCN1CCN(C(C)=O)CC1.I. The molecule has 2 aliphatic rings. The van der Waals surface area contributed by atoms with Crippen molar-refractivity contribution in [2.75, 3.05) is 52.4 Å². The highest BCUT2D eigenvalue weighted by atomic mass is 127. The van der Waals surface area contributed by atoms with Crippen LogP contribution in [-0.4, -0.2) is 74.0 Å². The number of piperazine rings is 1. The number of carbonyl (C=O) groups excluding carboxylic acids is 1. The highest BCUT2D eigenvalue weighted by Gasteiger charge is 2.31. The summed E-state index contributed by atoms with van der Waals surface area (Å²) in [5.41, 5.74) is 0.436. The molecule has 6 nitrogen and oxygen atoms in total. The Morgan fingerprint density at radius 1 is 1.08 bits per heavy atom. The summed E-state index contributed by atoms with van der Waals surface area (Å²) in [5.74, 6) is 1.14. The van der Waals surface area contributed by atoms with Gasteiger partial charge in [-0.25, -0.2) is 0 Å². The van der Waals surface area contributed by atoms with Crippen LogP contribution in [0.4, 0.5) is 0 Å². The predicted octanol–water partition coefficient (Wildman–Crippen LogP) is 2.29. The summed E-state index contributed by atoms with van der Waals surface area (Å²) < 4.78 is 0. The summed E-state index contributed by atoms with van der Waals surface area (Å²) >= 11 is 0. The first-order valence-electron chi connectivity index (χ1n) is 10.1. The number of amides is 1. The van der Waals surface area contributed by atoms with E-state index in [-0.39, 0.29) is 29.9 Å². The van der Waals surface area contributed by atoms with Gasteiger partial charge in [0.25, 0.3) is 0 Å². The van der Waals surface area contributed by atoms with E-state index in [4.69, 9.17) is 4.99 Å².